The number of ether oxygens (including phenoxy) is 1. The Morgan fingerprint density at radius 2 is 1.80 bits per heavy atom. The summed E-state index contributed by atoms with van der Waals surface area (Å²) in [4.78, 5) is 36.4. The number of nitrogens with zero attached hydrogens (tertiary/aromatic N) is 1. The van der Waals surface area contributed by atoms with Gasteiger partial charge in [-0.1, -0.05) is 19.1 Å². The number of esters is 1. The van der Waals surface area contributed by atoms with Crippen LogP contribution in [0, 0.1) is 22.0 Å². The number of fused-ring (bicyclic) bond motifs is 1. The Morgan fingerprint density at radius 3 is 2.43 bits per heavy atom. The van der Waals surface area contributed by atoms with Gasteiger partial charge in [-0.3, -0.25) is 19.7 Å². The lowest BCUT2D eigenvalue weighted by Crippen LogP contribution is -2.39. The molecule has 0 aromatic heterocycles. The zero-order valence-electron chi connectivity index (χ0n) is 16.5. The van der Waals surface area contributed by atoms with E-state index in [1.54, 1.807) is 12.1 Å². The van der Waals surface area contributed by atoms with Gasteiger partial charge < -0.3 is 15.4 Å². The molecule has 2 aliphatic rings. The van der Waals surface area contributed by atoms with E-state index in [2.05, 4.69) is 10.6 Å². The van der Waals surface area contributed by atoms with Crippen LogP contribution in [0.25, 0.3) is 0 Å². The first-order valence-electron chi connectivity index (χ1n) is 9.62. The van der Waals surface area contributed by atoms with Gasteiger partial charge in [-0.25, -0.2) is 0 Å². The molecule has 0 bridgehead atoms. The first kappa shape index (κ1) is 19.6. The summed E-state index contributed by atoms with van der Waals surface area (Å²) in [6.07, 6.45) is 0.500. The van der Waals surface area contributed by atoms with E-state index < -0.39 is 22.9 Å². The standard InChI is InChI=1S/C22H21N3O5/c1-12-11-17-19(21(26)18(12)22(27)30-2)20(13-7-9-14(10-8-13)25(28)29)24-16-6-4-3-5-15(16)23-17/h3-10,12,18,20,23-24H,11H2,1-2H3/t12-,18+,20+/m1/s1. The molecule has 0 amide bonds. The van der Waals surface area contributed by atoms with Crippen LogP contribution >= 0.6 is 0 Å². The average molecular weight is 407 g/mol. The van der Waals surface area contributed by atoms with Gasteiger partial charge in [0, 0.05) is 23.4 Å². The summed E-state index contributed by atoms with van der Waals surface area (Å²) in [6.45, 7) is 1.86. The van der Waals surface area contributed by atoms with Crippen molar-refractivity contribution in [2.45, 2.75) is 19.4 Å². The molecule has 1 aliphatic heterocycles. The molecule has 2 aromatic carbocycles. The van der Waals surface area contributed by atoms with E-state index >= 15 is 0 Å². The molecule has 2 aromatic rings. The molecule has 0 saturated carbocycles. The van der Waals surface area contributed by atoms with Crippen LogP contribution in [0.1, 0.15) is 24.9 Å². The van der Waals surface area contributed by atoms with Crippen molar-refractivity contribution in [3.63, 3.8) is 0 Å². The Bertz CT molecular complexity index is 1060. The number of benzene rings is 2. The van der Waals surface area contributed by atoms with Crippen molar-refractivity contribution in [1.82, 2.24) is 0 Å². The van der Waals surface area contributed by atoms with Gasteiger partial charge in [-0.2, -0.15) is 0 Å². The molecule has 30 heavy (non-hydrogen) atoms. The summed E-state index contributed by atoms with van der Waals surface area (Å²) in [7, 11) is 1.28. The van der Waals surface area contributed by atoms with Gasteiger partial charge in [0.05, 0.1) is 29.4 Å². The smallest absolute Gasteiger partial charge is 0.316 e. The number of para-hydroxylation sites is 2. The second kappa shape index (κ2) is 7.62. The van der Waals surface area contributed by atoms with Gasteiger partial charge in [-0.05, 0) is 42.2 Å². The predicted octanol–water partition coefficient (Wildman–Crippen LogP) is 3.83. The summed E-state index contributed by atoms with van der Waals surface area (Å²) in [5.41, 5.74) is 3.48. The van der Waals surface area contributed by atoms with Gasteiger partial charge in [0.15, 0.2) is 5.78 Å². The number of ketones is 1. The SMILES string of the molecule is COC(=O)[C@@H]1C(=O)C2=C(C[C@H]1C)Nc1ccccc1N[C@H]2c1ccc([N+](=O)[O-])cc1. The number of carbonyl (C=O) groups excluding carboxylic acids is 2. The maximum Gasteiger partial charge on any atom is 0.316 e. The van der Waals surface area contributed by atoms with Crippen LogP contribution in [0.3, 0.4) is 0 Å². The van der Waals surface area contributed by atoms with Gasteiger partial charge in [0.1, 0.15) is 5.92 Å². The van der Waals surface area contributed by atoms with Crippen molar-refractivity contribution < 1.29 is 19.2 Å². The Balaban J connectivity index is 1.85. The van der Waals surface area contributed by atoms with E-state index in [-0.39, 0.29) is 17.4 Å². The largest absolute Gasteiger partial charge is 0.468 e. The number of hydrogen-bond acceptors (Lipinski definition) is 7. The zero-order chi connectivity index (χ0) is 21.4. The Morgan fingerprint density at radius 1 is 1.13 bits per heavy atom. The number of methoxy groups -OCH3 is 1. The summed E-state index contributed by atoms with van der Waals surface area (Å²) in [6, 6.07) is 13.1. The Kier molecular flexibility index (Phi) is 4.99. The average Bonchev–Trinajstić information content (AvgIpc) is 2.90. The van der Waals surface area contributed by atoms with Crippen LogP contribution < -0.4 is 10.6 Å². The molecule has 3 atom stereocenters. The molecule has 0 unspecified atom stereocenters. The van der Waals surface area contributed by atoms with Crippen LogP contribution in [0.2, 0.25) is 0 Å². The van der Waals surface area contributed by atoms with Crippen molar-refractivity contribution in [3.05, 3.63) is 75.5 Å². The maximum atomic E-state index is 13.5. The highest BCUT2D eigenvalue weighted by molar-refractivity contribution is 6.11. The number of hydrogen-bond donors (Lipinski definition) is 2. The quantitative estimate of drug-likeness (QED) is 0.344. The monoisotopic (exact) mass is 407 g/mol. The minimum absolute atomic E-state index is 0.0314. The van der Waals surface area contributed by atoms with E-state index in [9.17, 15) is 19.7 Å². The fourth-order valence-electron chi connectivity index (χ4n) is 4.17. The Hall–Kier alpha value is -3.68. The van der Waals surface area contributed by atoms with Crippen molar-refractivity contribution in [3.8, 4) is 0 Å². The van der Waals surface area contributed by atoms with Gasteiger partial charge in [0.25, 0.3) is 5.69 Å². The van der Waals surface area contributed by atoms with E-state index in [4.69, 9.17) is 4.74 Å². The first-order valence-corrected chi connectivity index (χ1v) is 9.62. The van der Waals surface area contributed by atoms with Crippen molar-refractivity contribution in [2.24, 2.45) is 11.8 Å². The van der Waals surface area contributed by atoms with E-state index in [1.165, 1.54) is 19.2 Å². The number of rotatable bonds is 3. The third-order valence-corrected chi connectivity index (χ3v) is 5.66. The van der Waals surface area contributed by atoms with Gasteiger partial charge in [0.2, 0.25) is 0 Å². The van der Waals surface area contributed by atoms with E-state index in [1.807, 2.05) is 31.2 Å². The highest BCUT2D eigenvalue weighted by atomic mass is 16.6. The topological polar surface area (TPSA) is 111 Å². The maximum absolute atomic E-state index is 13.5. The number of non-ortho nitro benzene ring substituents is 1. The number of carbonyl (C=O) groups is 2. The number of allylic oxidation sites excluding steroid dienone is 1. The fraction of sp³-hybridized carbons (Fsp3) is 0.273. The Labute approximate surface area is 173 Å². The van der Waals surface area contributed by atoms with Crippen molar-refractivity contribution in [2.75, 3.05) is 17.7 Å². The minimum atomic E-state index is -0.890. The summed E-state index contributed by atoms with van der Waals surface area (Å²) >= 11 is 0. The lowest BCUT2D eigenvalue weighted by atomic mass is 9.75. The number of nitrogens with one attached hydrogen (secondary N) is 2. The molecule has 1 heterocycles. The summed E-state index contributed by atoms with van der Waals surface area (Å²) < 4.78 is 4.89. The lowest BCUT2D eigenvalue weighted by Gasteiger charge is -2.32. The second-order valence-electron chi connectivity index (χ2n) is 7.54. The van der Waals surface area contributed by atoms with E-state index in [0.717, 1.165) is 17.1 Å². The molecular formula is C22H21N3O5. The highest BCUT2D eigenvalue weighted by Crippen LogP contribution is 2.43. The molecule has 0 saturated heterocycles. The molecule has 0 spiro atoms. The van der Waals surface area contributed by atoms with Crippen LogP contribution in [-0.2, 0) is 14.3 Å². The van der Waals surface area contributed by atoms with Gasteiger partial charge >= 0.3 is 5.97 Å². The normalized spacial score (nSPS) is 22.7. The highest BCUT2D eigenvalue weighted by Gasteiger charge is 2.44. The van der Waals surface area contributed by atoms with Gasteiger partial charge in [-0.15, -0.1) is 0 Å². The van der Waals surface area contributed by atoms with Crippen molar-refractivity contribution >= 4 is 28.8 Å². The zero-order valence-corrected chi connectivity index (χ0v) is 16.5. The fourth-order valence-corrected chi connectivity index (χ4v) is 4.17. The third-order valence-electron chi connectivity index (χ3n) is 5.66. The summed E-state index contributed by atoms with van der Waals surface area (Å²) in [5, 5.41) is 17.8. The van der Waals surface area contributed by atoms with Crippen LogP contribution in [0.4, 0.5) is 17.1 Å². The molecule has 1 aliphatic carbocycles. The molecule has 0 radical (unpaired) electrons. The molecule has 154 valence electrons. The molecule has 4 rings (SSSR count). The van der Waals surface area contributed by atoms with Crippen LogP contribution in [0.5, 0.6) is 0 Å². The second-order valence-corrected chi connectivity index (χ2v) is 7.54. The third kappa shape index (κ3) is 3.30. The molecule has 0 fully saturated rings. The van der Waals surface area contributed by atoms with E-state index in [0.29, 0.717) is 17.6 Å². The number of nitro groups is 1. The molecule has 8 nitrogen and oxygen atoms in total. The number of nitro benzene ring substituents is 1. The van der Waals surface area contributed by atoms with Crippen LogP contribution in [0.15, 0.2) is 59.8 Å². The first-order chi connectivity index (χ1) is 14.4. The lowest BCUT2D eigenvalue weighted by molar-refractivity contribution is -0.384. The minimum Gasteiger partial charge on any atom is -0.468 e. The predicted molar refractivity (Wildman–Crippen MR) is 111 cm³/mol. The molecule has 8 heteroatoms. The van der Waals surface area contributed by atoms with Crippen molar-refractivity contribution in [1.29, 1.82) is 0 Å². The number of anilines is 2. The summed E-state index contributed by atoms with van der Waals surface area (Å²) in [5.74, 6) is -1.96. The molecule has 2 N–H and O–H groups in total. The number of Topliss-reactive ketones (excluding diaryl/α,β-unsaturated/α-hetero) is 1. The van der Waals surface area contributed by atoms with Crippen LogP contribution in [-0.4, -0.2) is 23.8 Å². The molecular weight excluding hydrogens is 386 g/mol.